The minimum absolute atomic E-state index is 0. The molecule has 0 aliphatic rings. The summed E-state index contributed by atoms with van der Waals surface area (Å²) in [4.78, 5) is 35.8. The second kappa shape index (κ2) is 48.3. The summed E-state index contributed by atoms with van der Waals surface area (Å²) in [5.74, 6) is 4.19. The van der Waals surface area contributed by atoms with Crippen LogP contribution in [0.3, 0.4) is 0 Å². The highest BCUT2D eigenvalue weighted by Gasteiger charge is 2.11. The van der Waals surface area contributed by atoms with Crippen LogP contribution >= 0.6 is 56.7 Å². The van der Waals surface area contributed by atoms with Crippen LogP contribution in [0.2, 0.25) is 0 Å². The summed E-state index contributed by atoms with van der Waals surface area (Å²) >= 11 is 9.07. The van der Waals surface area contributed by atoms with E-state index in [9.17, 15) is 0 Å². The van der Waals surface area contributed by atoms with Crippen molar-refractivity contribution in [1.29, 1.82) is 0 Å². The maximum atomic E-state index is 5.34. The van der Waals surface area contributed by atoms with E-state index >= 15 is 0 Å². The molecule has 9 nitrogen and oxygen atoms in total. The van der Waals surface area contributed by atoms with E-state index in [-0.39, 0.29) is 29.7 Å². The molecule has 11 rings (SSSR count). The molecule has 0 aromatic carbocycles. The monoisotopic (exact) mass is 1560 g/mol. The van der Waals surface area contributed by atoms with Crippen LogP contribution in [-0.2, 0) is 7.05 Å². The molecule has 11 aromatic heterocycles. The molecule has 0 aliphatic carbocycles. The number of hydrogen-bond donors (Lipinski definition) is 0. The smallest absolute Gasteiger partial charge is 0.104 e. The average Bonchev–Trinajstić information content (AvgIpc) is 1.77. The van der Waals surface area contributed by atoms with E-state index in [1.165, 1.54) is 183 Å². The zero-order chi connectivity index (χ0) is 80.2. The minimum atomic E-state index is 0. The Hall–Kier alpha value is -6.42. The third kappa shape index (κ3) is 31.5. The molecule has 0 unspecified atom stereocenters. The second-order valence-electron chi connectivity index (χ2n) is 27.9. The van der Waals surface area contributed by atoms with E-state index in [1.807, 2.05) is 91.9 Å². The van der Waals surface area contributed by atoms with Gasteiger partial charge in [0.15, 0.2) is 0 Å². The summed E-state index contributed by atoms with van der Waals surface area (Å²) in [6, 6.07) is 0. The van der Waals surface area contributed by atoms with Crippen molar-refractivity contribution in [3.05, 3.63) is 241 Å². The van der Waals surface area contributed by atoms with Crippen molar-refractivity contribution in [2.45, 2.75) is 334 Å². The molecule has 107 heavy (non-hydrogen) atoms. The summed E-state index contributed by atoms with van der Waals surface area (Å²) in [5.41, 5.74) is 39.2. The minimum Gasteiger partial charge on any atom is -0.466 e. The van der Waals surface area contributed by atoms with E-state index in [2.05, 4.69) is 277 Å². The van der Waals surface area contributed by atoms with Crippen LogP contribution < -0.4 is 0 Å². The summed E-state index contributed by atoms with van der Waals surface area (Å²) in [6.07, 6.45) is 0. The predicted octanol–water partition coefficient (Wildman–Crippen LogP) is 29.9. The molecule has 0 bridgehead atoms. The zero-order valence-electron chi connectivity index (χ0n) is 73.0. The lowest BCUT2D eigenvalue weighted by atomic mass is 10.0. The van der Waals surface area contributed by atoms with Crippen molar-refractivity contribution in [3.8, 4) is 0 Å². The van der Waals surface area contributed by atoms with Crippen LogP contribution in [0.5, 0.6) is 0 Å². The lowest BCUT2D eigenvalue weighted by Crippen LogP contribution is -1.98. The standard InChI is InChI=1S/3C10H15N.C9H15N.2C8H12O.2C8H12S.3C6H9NS.4CH4/c3*1-6-7(2)9(4)11-10(5)8(6)3;1-6-7(2)9(4)10(5)8(6)3;4*1-5-6(2)8(4)9-7(5)3;3*1-4-5(2)8-6(3)7-4;;;;/h3*1-5H3;1-5H3;4*1-4H3;3*1-3H3;4*1H4. The molecule has 14 heteroatoms. The molecule has 0 fully saturated rings. The summed E-state index contributed by atoms with van der Waals surface area (Å²) in [5, 5.41) is 3.50. The van der Waals surface area contributed by atoms with Gasteiger partial charge in [-0.25, -0.2) is 15.0 Å². The summed E-state index contributed by atoms with van der Waals surface area (Å²) < 4.78 is 12.9. The first kappa shape index (κ1) is 107. The molecule has 0 atom stereocenters. The second-order valence-corrected chi connectivity index (χ2v) is 35.0. The van der Waals surface area contributed by atoms with Crippen LogP contribution in [0.25, 0.3) is 0 Å². The van der Waals surface area contributed by atoms with E-state index in [0.29, 0.717) is 0 Å². The molecular formula is C93H151N7O2S5. The lowest BCUT2D eigenvalue weighted by Gasteiger charge is -2.09. The highest BCUT2D eigenvalue weighted by Crippen LogP contribution is 2.28. The molecule has 0 aliphatic heterocycles. The number of nitrogens with zero attached hydrogens (tertiary/aromatic N) is 7. The molecule has 11 aromatic rings. The molecule has 0 saturated carbocycles. The summed E-state index contributed by atoms with van der Waals surface area (Å²) in [7, 11) is 2.12. The number of aromatic nitrogens is 7. The van der Waals surface area contributed by atoms with Crippen LogP contribution in [0, 0.1) is 305 Å². The van der Waals surface area contributed by atoms with E-state index in [4.69, 9.17) is 8.83 Å². The fraction of sp³-hybridized carbons (Fsp3) is 0.527. The van der Waals surface area contributed by atoms with Gasteiger partial charge in [-0.15, -0.1) is 56.7 Å². The first-order chi connectivity index (χ1) is 47.3. The Morgan fingerprint density at radius 2 is 0.346 bits per heavy atom. The molecule has 0 radical (unpaired) electrons. The van der Waals surface area contributed by atoms with Gasteiger partial charge < -0.3 is 13.4 Å². The Balaban J connectivity index is -0.000000544. The van der Waals surface area contributed by atoms with Gasteiger partial charge in [0.05, 0.1) is 32.1 Å². The number of furan rings is 2. The zero-order valence-corrected chi connectivity index (χ0v) is 77.1. The van der Waals surface area contributed by atoms with E-state index < -0.39 is 0 Å². The van der Waals surface area contributed by atoms with Crippen LogP contribution in [0.1, 0.15) is 270 Å². The van der Waals surface area contributed by atoms with Crippen molar-refractivity contribution < 1.29 is 8.83 Å². The SMILES string of the molecule is C.C.C.C.Cc1c(C)c(C)n(C)c1C.Cc1nc(C)c(C)c(C)c1C.Cc1nc(C)c(C)c(C)c1C.Cc1nc(C)c(C)c(C)c1C.Cc1nc(C)c(C)s1.Cc1nc(C)c(C)s1.Cc1nc(C)c(C)s1.Cc1oc(C)c(C)c1C.Cc1oc(C)c(C)c1C.Cc1sc(C)c(C)c1C.Cc1sc(C)c(C)c1C. The molecule has 0 amide bonds. The first-order valence-corrected chi connectivity index (χ1v) is 40.0. The number of pyridine rings is 3. The quantitative estimate of drug-likeness (QED) is 0.148. The number of thiophene rings is 2. The average molecular weight is 1560 g/mol. The Bertz CT molecular complexity index is 3810. The van der Waals surface area contributed by atoms with Crippen molar-refractivity contribution in [2.24, 2.45) is 7.05 Å². The van der Waals surface area contributed by atoms with E-state index in [1.54, 1.807) is 34.0 Å². The van der Waals surface area contributed by atoms with Crippen LogP contribution in [-0.4, -0.2) is 34.5 Å². The maximum Gasteiger partial charge on any atom is 0.104 e. The molecule has 11 heterocycles. The van der Waals surface area contributed by atoms with Crippen molar-refractivity contribution in [2.75, 3.05) is 0 Å². The Kier molecular flexibility index (Phi) is 48.2. The number of thiazole rings is 3. The molecule has 0 spiro atoms. The summed E-state index contributed by atoms with van der Waals surface area (Å²) in [6.45, 7) is 92.6. The Morgan fingerprint density at radius 1 is 0.178 bits per heavy atom. The first-order valence-electron chi connectivity index (χ1n) is 35.9. The van der Waals surface area contributed by atoms with Gasteiger partial charge in [-0.2, -0.15) is 0 Å². The van der Waals surface area contributed by atoms with E-state index in [0.717, 1.165) is 57.2 Å². The highest BCUT2D eigenvalue weighted by molar-refractivity contribution is 7.13. The topological polar surface area (TPSA) is 109 Å². The molecule has 0 saturated heterocycles. The third-order valence-electron chi connectivity index (χ3n) is 21.4. The Morgan fingerprint density at radius 3 is 0.421 bits per heavy atom. The van der Waals surface area contributed by atoms with Crippen molar-refractivity contribution in [3.63, 3.8) is 0 Å². The van der Waals surface area contributed by atoms with Gasteiger partial charge in [0.1, 0.15) is 23.0 Å². The lowest BCUT2D eigenvalue weighted by molar-refractivity contribution is 0.500. The number of rotatable bonds is 0. The Labute approximate surface area is 676 Å². The fourth-order valence-corrected chi connectivity index (χ4v) is 15.2. The van der Waals surface area contributed by atoms with Gasteiger partial charge in [-0.3, -0.25) is 15.0 Å². The molecule has 600 valence electrons. The largest absolute Gasteiger partial charge is 0.466 e. The van der Waals surface area contributed by atoms with Gasteiger partial charge in [0.2, 0.25) is 0 Å². The highest BCUT2D eigenvalue weighted by atomic mass is 32.1. The van der Waals surface area contributed by atoms with Gasteiger partial charge >= 0.3 is 0 Å². The maximum absolute atomic E-state index is 5.34. The van der Waals surface area contributed by atoms with Gasteiger partial charge in [-0.1, -0.05) is 29.7 Å². The van der Waals surface area contributed by atoms with Gasteiger partial charge in [-0.05, 0) is 410 Å². The van der Waals surface area contributed by atoms with Crippen molar-refractivity contribution in [1.82, 2.24) is 34.5 Å². The van der Waals surface area contributed by atoms with Gasteiger partial charge in [0, 0.05) is 86.7 Å². The normalized spacial score (nSPS) is 9.80. The fourth-order valence-electron chi connectivity index (χ4n) is 10.6. The third-order valence-corrected chi connectivity index (χ3v) is 26.8. The van der Waals surface area contributed by atoms with Crippen LogP contribution in [0.4, 0.5) is 0 Å². The number of hydrogen-bond acceptors (Lipinski definition) is 13. The molecular weight excluding hydrogens is 1410 g/mol. The predicted molar refractivity (Wildman–Crippen MR) is 486 cm³/mol. The van der Waals surface area contributed by atoms with Crippen LogP contribution in [0.15, 0.2) is 8.83 Å². The van der Waals surface area contributed by atoms with Gasteiger partial charge in [0.25, 0.3) is 0 Å². The molecule has 0 N–H and O–H groups in total. The number of aryl methyl sites for hydroxylation is 23. The van der Waals surface area contributed by atoms with Crippen molar-refractivity contribution >= 4 is 56.7 Å².